The van der Waals surface area contributed by atoms with E-state index in [1.54, 1.807) is 18.2 Å². The highest BCUT2D eigenvalue weighted by molar-refractivity contribution is 7.13. The monoisotopic (exact) mass is 262 g/mol. The van der Waals surface area contributed by atoms with Crippen LogP contribution in [0.1, 0.15) is 20.1 Å². The van der Waals surface area contributed by atoms with Crippen LogP contribution in [0, 0.1) is 12.7 Å². The summed E-state index contributed by atoms with van der Waals surface area (Å²) in [7, 11) is 0. The van der Waals surface area contributed by atoms with Crippen LogP contribution in [0.3, 0.4) is 0 Å². The van der Waals surface area contributed by atoms with Crippen molar-refractivity contribution < 1.29 is 9.18 Å². The fraction of sp³-hybridized carbons (Fsp3) is 0.0769. The van der Waals surface area contributed by atoms with Gasteiger partial charge in [-0.15, -0.1) is 11.3 Å². The zero-order valence-electron chi connectivity index (χ0n) is 9.68. The first-order chi connectivity index (χ1) is 8.65. The minimum Gasteiger partial charge on any atom is -0.266 e. The molecule has 0 saturated carbocycles. The number of hydrogen-bond acceptors (Lipinski definition) is 3. The van der Waals surface area contributed by atoms with Gasteiger partial charge in [0, 0.05) is 4.88 Å². The van der Waals surface area contributed by atoms with Crippen LogP contribution in [-0.4, -0.2) is 12.1 Å². The average Bonchev–Trinajstić information content (AvgIpc) is 2.76. The van der Waals surface area contributed by atoms with Crippen LogP contribution in [0.25, 0.3) is 0 Å². The third-order valence-corrected chi connectivity index (χ3v) is 3.19. The normalized spacial score (nSPS) is 10.8. The van der Waals surface area contributed by atoms with Crippen LogP contribution < -0.4 is 5.43 Å². The molecule has 1 amide bonds. The van der Waals surface area contributed by atoms with Gasteiger partial charge in [0.05, 0.1) is 11.1 Å². The van der Waals surface area contributed by atoms with Crippen LogP contribution in [0.5, 0.6) is 0 Å². The molecule has 0 aliphatic rings. The number of aryl methyl sites for hydroxylation is 1. The standard InChI is InChI=1S/C13H11FN2OS/c1-9-5-6-12(18-9)13(17)16-15-8-10-3-2-4-11(14)7-10/h2-8H,1H3,(H,16,17)/b15-8+. The van der Waals surface area contributed by atoms with E-state index in [4.69, 9.17) is 0 Å². The Hall–Kier alpha value is -2.01. The number of thiophene rings is 1. The molecular formula is C13H11FN2OS. The molecule has 0 aliphatic carbocycles. The SMILES string of the molecule is Cc1ccc(C(=O)N/N=C/c2cccc(F)c2)s1. The van der Waals surface area contributed by atoms with Crippen molar-refractivity contribution in [1.82, 2.24) is 5.43 Å². The van der Waals surface area contributed by atoms with E-state index in [9.17, 15) is 9.18 Å². The summed E-state index contributed by atoms with van der Waals surface area (Å²) >= 11 is 1.40. The molecule has 0 bridgehead atoms. The van der Waals surface area contributed by atoms with Crippen molar-refractivity contribution in [1.29, 1.82) is 0 Å². The van der Waals surface area contributed by atoms with Crippen LogP contribution in [-0.2, 0) is 0 Å². The predicted molar refractivity (Wildman–Crippen MR) is 70.5 cm³/mol. The number of amides is 1. The van der Waals surface area contributed by atoms with Gasteiger partial charge in [-0.3, -0.25) is 4.79 Å². The molecule has 92 valence electrons. The molecule has 1 aromatic carbocycles. The third kappa shape index (κ3) is 3.24. The molecule has 2 aromatic rings. The lowest BCUT2D eigenvalue weighted by Gasteiger charge is -1.96. The highest BCUT2D eigenvalue weighted by Crippen LogP contribution is 2.14. The van der Waals surface area contributed by atoms with Crippen molar-refractivity contribution in [2.45, 2.75) is 6.92 Å². The molecule has 0 saturated heterocycles. The molecule has 1 N–H and O–H groups in total. The molecule has 18 heavy (non-hydrogen) atoms. The van der Waals surface area contributed by atoms with E-state index in [2.05, 4.69) is 10.5 Å². The second-order valence-corrected chi connectivity index (χ2v) is 4.95. The van der Waals surface area contributed by atoms with Gasteiger partial charge in [-0.2, -0.15) is 5.10 Å². The first-order valence-electron chi connectivity index (χ1n) is 5.30. The van der Waals surface area contributed by atoms with E-state index in [0.717, 1.165) is 4.88 Å². The maximum absolute atomic E-state index is 12.9. The molecule has 0 fully saturated rings. The number of carbonyl (C=O) groups excluding carboxylic acids is 1. The number of halogens is 1. The van der Waals surface area contributed by atoms with E-state index >= 15 is 0 Å². The van der Waals surface area contributed by atoms with Gasteiger partial charge in [0.15, 0.2) is 0 Å². The molecule has 0 aliphatic heterocycles. The Morgan fingerprint density at radius 2 is 2.22 bits per heavy atom. The summed E-state index contributed by atoms with van der Waals surface area (Å²) in [5, 5.41) is 3.78. The van der Waals surface area contributed by atoms with Gasteiger partial charge in [0.2, 0.25) is 0 Å². The Kier molecular flexibility index (Phi) is 3.84. The van der Waals surface area contributed by atoms with Crippen LogP contribution >= 0.6 is 11.3 Å². The Labute approximate surface area is 108 Å². The van der Waals surface area contributed by atoms with Gasteiger partial charge >= 0.3 is 0 Å². The van der Waals surface area contributed by atoms with Crippen molar-refractivity contribution in [3.8, 4) is 0 Å². The zero-order chi connectivity index (χ0) is 13.0. The summed E-state index contributed by atoms with van der Waals surface area (Å²) in [5.74, 6) is -0.597. The second kappa shape index (κ2) is 5.55. The maximum atomic E-state index is 12.9. The van der Waals surface area contributed by atoms with Gasteiger partial charge in [-0.1, -0.05) is 12.1 Å². The Bertz CT molecular complexity index is 592. The summed E-state index contributed by atoms with van der Waals surface area (Å²) < 4.78 is 12.9. The van der Waals surface area contributed by atoms with Crippen LogP contribution in [0.2, 0.25) is 0 Å². The van der Waals surface area contributed by atoms with Gasteiger partial charge in [-0.25, -0.2) is 9.82 Å². The van der Waals surface area contributed by atoms with Gasteiger partial charge in [0.25, 0.3) is 5.91 Å². The number of nitrogens with one attached hydrogen (secondary N) is 1. The lowest BCUT2D eigenvalue weighted by Crippen LogP contribution is -2.16. The minimum atomic E-state index is -0.334. The summed E-state index contributed by atoms with van der Waals surface area (Å²) in [6, 6.07) is 9.59. The number of benzene rings is 1. The van der Waals surface area contributed by atoms with E-state index in [0.29, 0.717) is 10.4 Å². The van der Waals surface area contributed by atoms with Crippen molar-refractivity contribution in [2.24, 2.45) is 5.10 Å². The lowest BCUT2D eigenvalue weighted by atomic mass is 10.2. The van der Waals surface area contributed by atoms with Crippen molar-refractivity contribution in [2.75, 3.05) is 0 Å². The van der Waals surface area contributed by atoms with Crippen molar-refractivity contribution in [3.05, 3.63) is 57.5 Å². The number of hydrogen-bond donors (Lipinski definition) is 1. The molecule has 5 heteroatoms. The highest BCUT2D eigenvalue weighted by atomic mass is 32.1. The first-order valence-corrected chi connectivity index (χ1v) is 6.12. The first kappa shape index (κ1) is 12.4. The molecule has 3 nitrogen and oxygen atoms in total. The fourth-order valence-corrected chi connectivity index (χ4v) is 2.12. The van der Waals surface area contributed by atoms with E-state index in [1.807, 2.05) is 13.0 Å². The number of carbonyl (C=O) groups is 1. The molecule has 0 atom stereocenters. The van der Waals surface area contributed by atoms with Gasteiger partial charge < -0.3 is 0 Å². The minimum absolute atomic E-state index is 0.263. The van der Waals surface area contributed by atoms with Gasteiger partial charge in [-0.05, 0) is 36.8 Å². The van der Waals surface area contributed by atoms with E-state index in [-0.39, 0.29) is 11.7 Å². The molecule has 2 rings (SSSR count). The fourth-order valence-electron chi connectivity index (χ4n) is 1.36. The molecule has 1 aromatic heterocycles. The lowest BCUT2D eigenvalue weighted by molar-refractivity contribution is 0.0959. The van der Waals surface area contributed by atoms with E-state index in [1.165, 1.54) is 29.7 Å². The Balaban J connectivity index is 1.97. The largest absolute Gasteiger partial charge is 0.281 e. The Morgan fingerprint density at radius 1 is 1.39 bits per heavy atom. The predicted octanol–water partition coefficient (Wildman–Crippen LogP) is 2.96. The topological polar surface area (TPSA) is 41.5 Å². The van der Waals surface area contributed by atoms with E-state index < -0.39 is 0 Å². The summed E-state index contributed by atoms with van der Waals surface area (Å²) in [4.78, 5) is 13.3. The summed E-state index contributed by atoms with van der Waals surface area (Å²) in [5.41, 5.74) is 2.99. The zero-order valence-corrected chi connectivity index (χ0v) is 10.5. The summed E-state index contributed by atoms with van der Waals surface area (Å²) in [6.45, 7) is 1.93. The molecule has 0 unspecified atom stereocenters. The van der Waals surface area contributed by atoms with Crippen LogP contribution in [0.15, 0.2) is 41.5 Å². The smallest absolute Gasteiger partial charge is 0.266 e. The molecule has 1 heterocycles. The molecule has 0 radical (unpaired) electrons. The quantitative estimate of drug-likeness (QED) is 0.670. The average molecular weight is 262 g/mol. The maximum Gasteiger partial charge on any atom is 0.281 e. The second-order valence-electron chi connectivity index (χ2n) is 3.66. The van der Waals surface area contributed by atoms with Crippen molar-refractivity contribution >= 4 is 23.5 Å². The highest BCUT2D eigenvalue weighted by Gasteiger charge is 2.05. The molecule has 0 spiro atoms. The molecular weight excluding hydrogens is 251 g/mol. The van der Waals surface area contributed by atoms with Crippen LogP contribution in [0.4, 0.5) is 4.39 Å². The Morgan fingerprint density at radius 3 is 2.89 bits per heavy atom. The van der Waals surface area contributed by atoms with Gasteiger partial charge in [0.1, 0.15) is 5.82 Å². The summed E-state index contributed by atoms with van der Waals surface area (Å²) in [6.07, 6.45) is 1.40. The number of rotatable bonds is 3. The third-order valence-electron chi connectivity index (χ3n) is 2.19. The number of hydrazone groups is 1. The number of nitrogens with zero attached hydrogens (tertiary/aromatic N) is 1. The van der Waals surface area contributed by atoms with Crippen molar-refractivity contribution in [3.63, 3.8) is 0 Å².